The van der Waals surface area contributed by atoms with Crippen molar-refractivity contribution in [2.24, 2.45) is 5.73 Å². The van der Waals surface area contributed by atoms with Crippen LogP contribution < -0.4 is 16.0 Å². The third kappa shape index (κ3) is 4.53. The van der Waals surface area contributed by atoms with E-state index in [9.17, 15) is 22.4 Å². The highest BCUT2D eigenvalue weighted by molar-refractivity contribution is 7.89. The second-order valence-electron chi connectivity index (χ2n) is 6.47. The van der Waals surface area contributed by atoms with Crippen molar-refractivity contribution >= 4 is 21.8 Å². The number of carbonyl (C=O) groups excluding carboxylic acids is 2. The van der Waals surface area contributed by atoms with Gasteiger partial charge in [-0.2, -0.15) is 0 Å². The Morgan fingerprint density at radius 2 is 1.63 bits per heavy atom. The van der Waals surface area contributed by atoms with Crippen LogP contribution in [0.1, 0.15) is 26.3 Å². The van der Waals surface area contributed by atoms with Crippen LogP contribution in [0.3, 0.4) is 0 Å². The van der Waals surface area contributed by atoms with Gasteiger partial charge in [-0.15, -0.1) is 4.83 Å². The van der Waals surface area contributed by atoms with Crippen LogP contribution in [-0.4, -0.2) is 20.2 Å². The number of hydrogen-bond acceptors (Lipinski definition) is 4. The largest absolute Gasteiger partial charge is 0.366 e. The fourth-order valence-corrected chi connectivity index (χ4v) is 3.67. The number of halogens is 1. The summed E-state index contributed by atoms with van der Waals surface area (Å²) in [6.45, 7) is 1.51. The molecule has 4 N–H and O–H groups in total. The molecule has 7 nitrogen and oxygen atoms in total. The van der Waals surface area contributed by atoms with Crippen molar-refractivity contribution in [2.75, 3.05) is 0 Å². The maximum absolute atomic E-state index is 14.5. The van der Waals surface area contributed by atoms with Crippen molar-refractivity contribution < 1.29 is 22.4 Å². The standard InChI is InChI=1S/C21H18FN3O4S/c1-13-10-16(14-6-3-2-4-7-14)12-18(19(13)22)21(27)24-25-30(28,29)17-9-5-8-15(11-17)20(23)26/h2-12,25H,1H3,(H2,23,26)(H,24,27). The van der Waals surface area contributed by atoms with Gasteiger partial charge >= 0.3 is 0 Å². The Labute approximate surface area is 172 Å². The maximum Gasteiger partial charge on any atom is 0.269 e. The maximum atomic E-state index is 14.5. The fourth-order valence-electron chi connectivity index (χ4n) is 2.79. The van der Waals surface area contributed by atoms with Crippen LogP contribution in [0, 0.1) is 12.7 Å². The van der Waals surface area contributed by atoms with Gasteiger partial charge in [-0.1, -0.05) is 36.4 Å². The molecular weight excluding hydrogens is 409 g/mol. The summed E-state index contributed by atoms with van der Waals surface area (Å²) < 4.78 is 39.4. The van der Waals surface area contributed by atoms with Crippen LogP contribution >= 0.6 is 0 Å². The van der Waals surface area contributed by atoms with Gasteiger partial charge in [0.25, 0.3) is 15.9 Å². The molecule has 0 aliphatic heterocycles. The monoisotopic (exact) mass is 427 g/mol. The van der Waals surface area contributed by atoms with Crippen molar-refractivity contribution in [3.05, 3.63) is 89.2 Å². The highest BCUT2D eigenvalue weighted by Gasteiger charge is 2.20. The number of nitrogens with two attached hydrogens (primary N) is 1. The zero-order valence-corrected chi connectivity index (χ0v) is 16.7. The van der Waals surface area contributed by atoms with E-state index in [0.717, 1.165) is 11.6 Å². The second-order valence-corrected chi connectivity index (χ2v) is 8.15. The van der Waals surface area contributed by atoms with Crippen molar-refractivity contribution in [3.8, 4) is 11.1 Å². The topological polar surface area (TPSA) is 118 Å². The number of nitrogens with one attached hydrogen (secondary N) is 2. The lowest BCUT2D eigenvalue weighted by atomic mass is 9.99. The number of hydrogen-bond donors (Lipinski definition) is 3. The number of sulfonamides is 1. The first-order chi connectivity index (χ1) is 14.2. The summed E-state index contributed by atoms with van der Waals surface area (Å²) in [7, 11) is -4.22. The molecule has 0 saturated heterocycles. The highest BCUT2D eigenvalue weighted by atomic mass is 32.2. The molecule has 3 aromatic carbocycles. The summed E-state index contributed by atoms with van der Waals surface area (Å²) in [5.74, 6) is -2.53. The van der Waals surface area contributed by atoms with E-state index in [-0.39, 0.29) is 21.6 Å². The third-order valence-electron chi connectivity index (χ3n) is 4.33. The van der Waals surface area contributed by atoms with Crippen LogP contribution in [0.15, 0.2) is 71.6 Å². The van der Waals surface area contributed by atoms with Gasteiger partial charge in [-0.3, -0.25) is 15.0 Å². The third-order valence-corrected chi connectivity index (χ3v) is 5.58. The Morgan fingerprint density at radius 1 is 0.933 bits per heavy atom. The lowest BCUT2D eigenvalue weighted by Gasteiger charge is -2.12. The van der Waals surface area contributed by atoms with Crippen LogP contribution in [-0.2, 0) is 10.0 Å². The van der Waals surface area contributed by atoms with Crippen LogP contribution in [0.5, 0.6) is 0 Å². The molecule has 0 aromatic heterocycles. The Balaban J connectivity index is 1.85. The first-order valence-corrected chi connectivity index (χ1v) is 10.2. The van der Waals surface area contributed by atoms with Gasteiger partial charge in [0.05, 0.1) is 10.5 Å². The summed E-state index contributed by atoms with van der Waals surface area (Å²) in [5, 5.41) is 0. The van der Waals surface area contributed by atoms with E-state index in [4.69, 9.17) is 5.73 Å². The molecule has 3 rings (SSSR count). The summed E-state index contributed by atoms with van der Waals surface area (Å²) in [6, 6.07) is 17.0. The number of hydrazine groups is 1. The van der Waals surface area contributed by atoms with Gasteiger partial charge in [0.15, 0.2) is 0 Å². The van der Waals surface area contributed by atoms with E-state index in [1.165, 1.54) is 31.2 Å². The minimum atomic E-state index is -4.22. The SMILES string of the molecule is Cc1cc(-c2ccccc2)cc(C(=O)NNS(=O)(=O)c2cccc(C(N)=O)c2)c1F. The second kappa shape index (κ2) is 8.44. The predicted octanol–water partition coefficient (Wildman–Crippen LogP) is 2.52. The minimum Gasteiger partial charge on any atom is -0.366 e. The molecule has 0 bridgehead atoms. The molecule has 0 unspecified atom stereocenters. The quantitative estimate of drug-likeness (QED) is 0.524. The molecule has 0 atom stereocenters. The minimum absolute atomic E-state index is 0.0126. The molecule has 0 spiro atoms. The van der Waals surface area contributed by atoms with Gasteiger partial charge in [0.2, 0.25) is 5.91 Å². The predicted molar refractivity (Wildman–Crippen MR) is 109 cm³/mol. The molecule has 0 aliphatic carbocycles. The first-order valence-electron chi connectivity index (χ1n) is 8.76. The van der Waals surface area contributed by atoms with Crippen molar-refractivity contribution in [1.82, 2.24) is 10.3 Å². The summed E-state index contributed by atoms with van der Waals surface area (Å²) in [5.41, 5.74) is 8.44. The van der Waals surface area contributed by atoms with E-state index in [1.807, 2.05) is 40.6 Å². The van der Waals surface area contributed by atoms with Gasteiger partial charge in [0.1, 0.15) is 5.82 Å². The Kier molecular flexibility index (Phi) is 5.95. The molecule has 2 amide bonds. The van der Waals surface area contributed by atoms with E-state index in [1.54, 1.807) is 6.07 Å². The Morgan fingerprint density at radius 3 is 2.30 bits per heavy atom. The average molecular weight is 427 g/mol. The zero-order chi connectivity index (χ0) is 21.9. The molecule has 0 aliphatic rings. The summed E-state index contributed by atoms with van der Waals surface area (Å²) in [4.78, 5) is 25.4. The van der Waals surface area contributed by atoms with Crippen LogP contribution in [0.2, 0.25) is 0 Å². The first kappa shape index (κ1) is 21.2. The van der Waals surface area contributed by atoms with Gasteiger partial charge < -0.3 is 5.73 Å². The van der Waals surface area contributed by atoms with E-state index < -0.39 is 27.7 Å². The van der Waals surface area contributed by atoms with Crippen molar-refractivity contribution in [2.45, 2.75) is 11.8 Å². The van der Waals surface area contributed by atoms with Crippen molar-refractivity contribution in [1.29, 1.82) is 0 Å². The number of rotatable bonds is 6. The molecule has 9 heteroatoms. The molecule has 0 saturated carbocycles. The van der Waals surface area contributed by atoms with Crippen LogP contribution in [0.25, 0.3) is 11.1 Å². The molecular formula is C21H18FN3O4S. The summed E-state index contributed by atoms with van der Waals surface area (Å²) in [6.07, 6.45) is 0. The molecule has 0 fully saturated rings. The Bertz CT molecular complexity index is 1230. The smallest absolute Gasteiger partial charge is 0.269 e. The van der Waals surface area contributed by atoms with Gasteiger partial charge in [-0.25, -0.2) is 12.8 Å². The lowest BCUT2D eigenvalue weighted by molar-refractivity contribution is 0.0939. The zero-order valence-electron chi connectivity index (χ0n) is 15.8. The van der Waals surface area contributed by atoms with E-state index in [0.29, 0.717) is 5.56 Å². The van der Waals surface area contributed by atoms with Crippen LogP contribution in [0.4, 0.5) is 4.39 Å². The fraction of sp³-hybridized carbons (Fsp3) is 0.0476. The normalized spacial score (nSPS) is 11.1. The van der Waals surface area contributed by atoms with Crippen molar-refractivity contribution in [3.63, 3.8) is 0 Å². The van der Waals surface area contributed by atoms with Gasteiger partial charge in [0, 0.05) is 5.56 Å². The van der Waals surface area contributed by atoms with Gasteiger partial charge in [-0.05, 0) is 53.9 Å². The number of amides is 2. The molecule has 0 radical (unpaired) electrons. The number of benzene rings is 3. The average Bonchev–Trinajstić information content (AvgIpc) is 2.74. The number of carbonyl (C=O) groups is 2. The highest BCUT2D eigenvalue weighted by Crippen LogP contribution is 2.24. The molecule has 154 valence electrons. The van der Waals surface area contributed by atoms with E-state index in [2.05, 4.69) is 0 Å². The molecule has 30 heavy (non-hydrogen) atoms. The lowest BCUT2D eigenvalue weighted by Crippen LogP contribution is -2.42. The number of primary amides is 1. The molecule has 0 heterocycles. The molecule has 3 aromatic rings. The van der Waals surface area contributed by atoms with E-state index >= 15 is 0 Å². The Hall–Kier alpha value is -3.56. The summed E-state index contributed by atoms with van der Waals surface area (Å²) >= 11 is 0. The number of aryl methyl sites for hydroxylation is 1.